The maximum atomic E-state index is 13.0. The van der Waals surface area contributed by atoms with Crippen LogP contribution in [0, 0.1) is 34.6 Å². The fraction of sp³-hybridized carbons (Fsp3) is 0.625. The van der Waals surface area contributed by atoms with Crippen LogP contribution in [0.2, 0.25) is 0 Å². The van der Waals surface area contributed by atoms with Crippen molar-refractivity contribution >= 4 is 10.0 Å². The summed E-state index contributed by atoms with van der Waals surface area (Å²) in [6.07, 6.45) is 0.453. The van der Waals surface area contributed by atoms with E-state index in [-0.39, 0.29) is 6.61 Å². The molecule has 0 amide bonds. The normalized spacial score (nSPS) is 12.2. The third kappa shape index (κ3) is 3.30. The maximum absolute atomic E-state index is 13.0. The van der Waals surface area contributed by atoms with E-state index in [9.17, 15) is 8.42 Å². The van der Waals surface area contributed by atoms with Gasteiger partial charge in [0.1, 0.15) is 0 Å². The van der Waals surface area contributed by atoms with Crippen molar-refractivity contribution in [1.29, 1.82) is 0 Å². The van der Waals surface area contributed by atoms with Crippen LogP contribution in [-0.2, 0) is 10.0 Å². The predicted molar refractivity (Wildman–Crippen MR) is 86.3 cm³/mol. The lowest BCUT2D eigenvalue weighted by atomic mass is 9.95. The van der Waals surface area contributed by atoms with Gasteiger partial charge in [-0.05, 0) is 68.9 Å². The molecule has 0 aliphatic heterocycles. The SMILES string of the molecule is CCN(CCCO)S(=O)(=O)c1c(C)c(C)c(C)c(C)c1C. The number of aliphatic hydroxyl groups is 1. The summed E-state index contributed by atoms with van der Waals surface area (Å²) in [5.41, 5.74) is 4.89. The summed E-state index contributed by atoms with van der Waals surface area (Å²) in [5.74, 6) is 0. The van der Waals surface area contributed by atoms with E-state index in [1.807, 2.05) is 41.5 Å². The molecular formula is C16H27NO3S. The van der Waals surface area contributed by atoms with Crippen LogP contribution in [0.1, 0.15) is 41.2 Å². The van der Waals surface area contributed by atoms with Gasteiger partial charge in [0.2, 0.25) is 10.0 Å². The summed E-state index contributed by atoms with van der Waals surface area (Å²) in [6, 6.07) is 0. The zero-order valence-corrected chi connectivity index (χ0v) is 14.8. The summed E-state index contributed by atoms with van der Waals surface area (Å²) in [4.78, 5) is 0.433. The Kier molecular flexibility index (Phi) is 5.96. The Labute approximate surface area is 128 Å². The number of benzene rings is 1. The zero-order valence-electron chi connectivity index (χ0n) is 13.9. The highest BCUT2D eigenvalue weighted by molar-refractivity contribution is 7.89. The van der Waals surface area contributed by atoms with Crippen LogP contribution in [0.5, 0.6) is 0 Å². The zero-order chi connectivity index (χ0) is 16.4. The lowest BCUT2D eigenvalue weighted by molar-refractivity contribution is 0.271. The van der Waals surface area contributed by atoms with Crippen LogP contribution in [0.25, 0.3) is 0 Å². The summed E-state index contributed by atoms with van der Waals surface area (Å²) < 4.78 is 27.4. The fourth-order valence-electron chi connectivity index (χ4n) is 2.68. The third-order valence-electron chi connectivity index (χ3n) is 4.45. The molecule has 0 atom stereocenters. The Morgan fingerprint density at radius 3 is 1.71 bits per heavy atom. The largest absolute Gasteiger partial charge is 0.396 e. The van der Waals surface area contributed by atoms with Gasteiger partial charge in [-0.15, -0.1) is 0 Å². The number of hydrogen-bond donors (Lipinski definition) is 1. The average Bonchev–Trinajstić information content (AvgIpc) is 2.43. The molecule has 0 aromatic heterocycles. The van der Waals surface area contributed by atoms with Gasteiger partial charge >= 0.3 is 0 Å². The fourth-order valence-corrected chi connectivity index (χ4v) is 4.72. The standard InChI is InChI=1S/C16H27NO3S/c1-7-17(9-8-10-18)21(19,20)16-14(5)12(3)11(2)13(4)15(16)6/h18H,7-10H2,1-6H3. The molecule has 0 aliphatic carbocycles. The van der Waals surface area contributed by atoms with E-state index < -0.39 is 10.0 Å². The molecule has 21 heavy (non-hydrogen) atoms. The first-order valence-corrected chi connectivity index (χ1v) is 8.82. The topological polar surface area (TPSA) is 57.6 Å². The monoisotopic (exact) mass is 313 g/mol. The Morgan fingerprint density at radius 2 is 1.33 bits per heavy atom. The van der Waals surface area contributed by atoms with Crippen molar-refractivity contribution in [3.63, 3.8) is 0 Å². The van der Waals surface area contributed by atoms with Gasteiger partial charge in [-0.1, -0.05) is 6.92 Å². The lowest BCUT2D eigenvalue weighted by Gasteiger charge is -2.25. The van der Waals surface area contributed by atoms with E-state index in [0.29, 0.717) is 24.4 Å². The van der Waals surface area contributed by atoms with E-state index in [2.05, 4.69) is 0 Å². The van der Waals surface area contributed by atoms with Crippen molar-refractivity contribution in [1.82, 2.24) is 4.31 Å². The second-order valence-corrected chi connectivity index (χ2v) is 7.40. The molecule has 5 heteroatoms. The minimum absolute atomic E-state index is 0.00403. The molecule has 120 valence electrons. The molecule has 0 heterocycles. The van der Waals surface area contributed by atoms with Gasteiger partial charge in [0.15, 0.2) is 0 Å². The molecule has 0 bridgehead atoms. The highest BCUT2D eigenvalue weighted by atomic mass is 32.2. The van der Waals surface area contributed by atoms with Crippen LogP contribution >= 0.6 is 0 Å². The first-order chi connectivity index (χ1) is 9.69. The van der Waals surface area contributed by atoms with Gasteiger partial charge in [-0.3, -0.25) is 0 Å². The molecule has 1 aromatic carbocycles. The summed E-state index contributed by atoms with van der Waals surface area (Å²) in [7, 11) is -3.52. The first-order valence-electron chi connectivity index (χ1n) is 7.38. The summed E-state index contributed by atoms with van der Waals surface area (Å²) in [6.45, 7) is 12.3. The summed E-state index contributed by atoms with van der Waals surface area (Å²) >= 11 is 0. The Morgan fingerprint density at radius 1 is 0.905 bits per heavy atom. The molecule has 1 N–H and O–H groups in total. The van der Waals surface area contributed by atoms with Crippen LogP contribution in [-0.4, -0.2) is 37.5 Å². The molecule has 1 rings (SSSR count). The van der Waals surface area contributed by atoms with Crippen molar-refractivity contribution < 1.29 is 13.5 Å². The Hall–Kier alpha value is -0.910. The predicted octanol–water partition coefficient (Wildman–Crippen LogP) is 2.62. The molecule has 1 aromatic rings. The van der Waals surface area contributed by atoms with Crippen molar-refractivity contribution in [2.45, 2.75) is 52.9 Å². The van der Waals surface area contributed by atoms with Crippen molar-refractivity contribution in [2.24, 2.45) is 0 Å². The van der Waals surface area contributed by atoms with Gasteiger partial charge in [0, 0.05) is 19.7 Å². The number of hydrogen-bond acceptors (Lipinski definition) is 3. The number of nitrogens with zero attached hydrogens (tertiary/aromatic N) is 1. The minimum atomic E-state index is -3.52. The smallest absolute Gasteiger partial charge is 0.243 e. The number of aliphatic hydroxyl groups excluding tert-OH is 1. The minimum Gasteiger partial charge on any atom is -0.396 e. The molecule has 0 aliphatic rings. The average molecular weight is 313 g/mol. The lowest BCUT2D eigenvalue weighted by Crippen LogP contribution is -2.33. The van der Waals surface area contributed by atoms with Crippen LogP contribution < -0.4 is 0 Å². The quantitative estimate of drug-likeness (QED) is 0.878. The molecule has 4 nitrogen and oxygen atoms in total. The Bertz CT molecular complexity index is 592. The molecule has 0 saturated carbocycles. The van der Waals surface area contributed by atoms with Gasteiger partial charge in [0.05, 0.1) is 4.90 Å². The van der Waals surface area contributed by atoms with Crippen LogP contribution in [0.15, 0.2) is 4.90 Å². The van der Waals surface area contributed by atoms with Crippen LogP contribution in [0.3, 0.4) is 0 Å². The van der Waals surface area contributed by atoms with E-state index >= 15 is 0 Å². The van der Waals surface area contributed by atoms with E-state index in [1.54, 1.807) is 0 Å². The molecule has 0 saturated heterocycles. The summed E-state index contributed by atoms with van der Waals surface area (Å²) in [5, 5.41) is 8.96. The molecule has 0 radical (unpaired) electrons. The van der Waals surface area contributed by atoms with Crippen LogP contribution in [0.4, 0.5) is 0 Å². The van der Waals surface area contributed by atoms with E-state index in [0.717, 1.165) is 27.8 Å². The second-order valence-electron chi connectivity index (χ2n) is 5.53. The molecular weight excluding hydrogens is 286 g/mol. The van der Waals surface area contributed by atoms with Gasteiger partial charge < -0.3 is 5.11 Å². The number of rotatable bonds is 6. The van der Waals surface area contributed by atoms with Crippen molar-refractivity contribution in [2.75, 3.05) is 19.7 Å². The number of sulfonamides is 1. The molecule has 0 spiro atoms. The molecule has 0 unspecified atom stereocenters. The highest BCUT2D eigenvalue weighted by Crippen LogP contribution is 2.31. The van der Waals surface area contributed by atoms with Gasteiger partial charge in [-0.25, -0.2) is 8.42 Å². The molecule has 0 fully saturated rings. The van der Waals surface area contributed by atoms with Gasteiger partial charge in [-0.2, -0.15) is 4.31 Å². The highest BCUT2D eigenvalue weighted by Gasteiger charge is 2.28. The maximum Gasteiger partial charge on any atom is 0.243 e. The first kappa shape index (κ1) is 18.1. The Balaban J connectivity index is 3.51. The van der Waals surface area contributed by atoms with Gasteiger partial charge in [0.25, 0.3) is 0 Å². The van der Waals surface area contributed by atoms with E-state index in [4.69, 9.17) is 5.11 Å². The second kappa shape index (κ2) is 6.90. The third-order valence-corrected chi connectivity index (χ3v) is 6.70. The van der Waals surface area contributed by atoms with Crippen molar-refractivity contribution in [3.8, 4) is 0 Å². The van der Waals surface area contributed by atoms with E-state index in [1.165, 1.54) is 4.31 Å². The van der Waals surface area contributed by atoms with Crippen molar-refractivity contribution in [3.05, 3.63) is 27.8 Å².